The van der Waals surface area contributed by atoms with Crippen LogP contribution in [0.1, 0.15) is 11.1 Å². The number of methoxy groups -OCH3 is 2. The second-order valence-corrected chi connectivity index (χ2v) is 5.11. The van der Waals surface area contributed by atoms with Crippen LogP contribution in [0.4, 0.5) is 5.69 Å². The zero-order valence-electron chi connectivity index (χ0n) is 11.7. The van der Waals surface area contributed by atoms with E-state index in [-0.39, 0.29) is 0 Å². The van der Waals surface area contributed by atoms with E-state index < -0.39 is 0 Å². The molecule has 0 saturated carbocycles. The van der Waals surface area contributed by atoms with Crippen molar-refractivity contribution in [3.8, 4) is 11.5 Å². The first kappa shape index (κ1) is 14.7. The number of pyridine rings is 1. The van der Waals surface area contributed by atoms with Crippen molar-refractivity contribution < 1.29 is 9.47 Å². The molecule has 20 heavy (non-hydrogen) atoms. The maximum absolute atomic E-state index is 5.36. The van der Waals surface area contributed by atoms with Gasteiger partial charge in [-0.25, -0.2) is 4.98 Å². The highest BCUT2D eigenvalue weighted by Gasteiger charge is 2.05. The summed E-state index contributed by atoms with van der Waals surface area (Å²) in [7, 11) is 3.32. The van der Waals surface area contributed by atoms with Crippen molar-refractivity contribution in [2.75, 3.05) is 19.5 Å². The Morgan fingerprint density at radius 3 is 2.65 bits per heavy atom. The Morgan fingerprint density at radius 1 is 1.20 bits per heavy atom. The Kier molecular flexibility index (Phi) is 4.84. The fourth-order valence-electron chi connectivity index (χ4n) is 1.87. The minimum Gasteiger partial charge on any atom is -0.497 e. The van der Waals surface area contributed by atoms with Gasteiger partial charge in [-0.3, -0.25) is 0 Å². The smallest absolute Gasteiger partial charge is 0.124 e. The minimum absolute atomic E-state index is 0.642. The summed E-state index contributed by atoms with van der Waals surface area (Å²) in [5.41, 5.74) is 3.09. The number of ether oxygens (including phenoxy) is 2. The summed E-state index contributed by atoms with van der Waals surface area (Å²) in [5.74, 6) is 1.65. The molecule has 0 aliphatic carbocycles. The van der Waals surface area contributed by atoms with Gasteiger partial charge >= 0.3 is 0 Å². The van der Waals surface area contributed by atoms with Crippen LogP contribution in [0, 0.1) is 6.92 Å². The standard InChI is InChI=1S/C15H17BrN2O2/c1-10-6-12(9-18-15(10)16)17-8-11-7-13(19-2)4-5-14(11)20-3/h4-7,9,17H,8H2,1-3H3. The van der Waals surface area contributed by atoms with Gasteiger partial charge < -0.3 is 14.8 Å². The van der Waals surface area contributed by atoms with Crippen LogP contribution in [-0.2, 0) is 6.54 Å². The first-order valence-electron chi connectivity index (χ1n) is 6.21. The van der Waals surface area contributed by atoms with Crippen molar-refractivity contribution >= 4 is 21.6 Å². The summed E-state index contributed by atoms with van der Waals surface area (Å²) >= 11 is 3.39. The van der Waals surface area contributed by atoms with Crippen LogP contribution < -0.4 is 14.8 Å². The van der Waals surface area contributed by atoms with E-state index >= 15 is 0 Å². The van der Waals surface area contributed by atoms with E-state index in [0.29, 0.717) is 6.54 Å². The van der Waals surface area contributed by atoms with E-state index in [1.165, 1.54) is 0 Å². The van der Waals surface area contributed by atoms with Crippen LogP contribution in [0.15, 0.2) is 35.1 Å². The maximum Gasteiger partial charge on any atom is 0.124 e. The molecular formula is C15H17BrN2O2. The van der Waals surface area contributed by atoms with E-state index in [9.17, 15) is 0 Å². The Bertz CT molecular complexity index is 602. The average Bonchev–Trinajstić information content (AvgIpc) is 2.48. The normalized spacial score (nSPS) is 10.2. The summed E-state index contributed by atoms with van der Waals surface area (Å²) in [6.45, 7) is 2.65. The molecule has 4 nitrogen and oxygen atoms in total. The summed E-state index contributed by atoms with van der Waals surface area (Å²) in [5, 5.41) is 3.34. The molecule has 2 rings (SSSR count). The van der Waals surface area contributed by atoms with Crippen LogP contribution >= 0.6 is 15.9 Å². The van der Waals surface area contributed by atoms with Gasteiger partial charge in [-0.15, -0.1) is 0 Å². The monoisotopic (exact) mass is 336 g/mol. The quantitative estimate of drug-likeness (QED) is 0.844. The Balaban J connectivity index is 2.15. The molecule has 1 aromatic heterocycles. The molecule has 0 aliphatic heterocycles. The molecule has 0 amide bonds. The van der Waals surface area contributed by atoms with Gasteiger partial charge in [0.15, 0.2) is 0 Å². The van der Waals surface area contributed by atoms with Crippen LogP contribution in [0.25, 0.3) is 0 Å². The molecule has 0 aliphatic rings. The molecule has 0 atom stereocenters. The van der Waals surface area contributed by atoms with E-state index in [0.717, 1.165) is 32.9 Å². The predicted octanol–water partition coefficient (Wildman–Crippen LogP) is 3.78. The second kappa shape index (κ2) is 6.61. The third kappa shape index (κ3) is 3.42. The van der Waals surface area contributed by atoms with Gasteiger partial charge in [-0.1, -0.05) is 0 Å². The lowest BCUT2D eigenvalue weighted by molar-refractivity contribution is 0.399. The number of nitrogens with one attached hydrogen (secondary N) is 1. The predicted molar refractivity (Wildman–Crippen MR) is 83.5 cm³/mol. The number of anilines is 1. The lowest BCUT2D eigenvalue weighted by Crippen LogP contribution is -2.03. The molecule has 0 radical (unpaired) electrons. The van der Waals surface area contributed by atoms with E-state index in [2.05, 4.69) is 26.2 Å². The molecule has 1 aromatic carbocycles. The van der Waals surface area contributed by atoms with Gasteiger partial charge in [0.2, 0.25) is 0 Å². The average molecular weight is 337 g/mol. The molecule has 0 spiro atoms. The number of aromatic nitrogens is 1. The van der Waals surface area contributed by atoms with E-state index in [1.54, 1.807) is 20.4 Å². The number of hydrogen-bond acceptors (Lipinski definition) is 4. The first-order valence-corrected chi connectivity index (χ1v) is 7.00. The molecule has 2 aromatic rings. The molecule has 1 heterocycles. The van der Waals surface area contributed by atoms with Gasteiger partial charge in [0.25, 0.3) is 0 Å². The lowest BCUT2D eigenvalue weighted by Gasteiger charge is -2.12. The van der Waals surface area contributed by atoms with Gasteiger partial charge in [-0.05, 0) is 52.7 Å². The third-order valence-corrected chi connectivity index (χ3v) is 3.82. The van der Waals surface area contributed by atoms with E-state index in [4.69, 9.17) is 9.47 Å². The maximum atomic E-state index is 5.36. The molecule has 0 fully saturated rings. The first-order chi connectivity index (χ1) is 9.63. The SMILES string of the molecule is COc1ccc(OC)c(CNc2cnc(Br)c(C)c2)c1. The van der Waals surface area contributed by atoms with Crippen LogP contribution in [0.5, 0.6) is 11.5 Å². The molecule has 5 heteroatoms. The van der Waals surface area contributed by atoms with Gasteiger partial charge in [0.05, 0.1) is 26.1 Å². The third-order valence-electron chi connectivity index (χ3n) is 2.98. The van der Waals surface area contributed by atoms with Gasteiger partial charge in [0, 0.05) is 12.1 Å². The highest BCUT2D eigenvalue weighted by Crippen LogP contribution is 2.25. The Hall–Kier alpha value is -1.75. The van der Waals surface area contributed by atoms with E-state index in [1.807, 2.05) is 31.2 Å². The number of aryl methyl sites for hydroxylation is 1. The van der Waals surface area contributed by atoms with Crippen molar-refractivity contribution in [1.82, 2.24) is 4.98 Å². The molecule has 0 unspecified atom stereocenters. The van der Waals surface area contributed by atoms with Gasteiger partial charge in [-0.2, -0.15) is 0 Å². The van der Waals surface area contributed by atoms with Crippen molar-refractivity contribution in [3.63, 3.8) is 0 Å². The topological polar surface area (TPSA) is 43.4 Å². The summed E-state index contributed by atoms with van der Waals surface area (Å²) in [4.78, 5) is 4.27. The van der Waals surface area contributed by atoms with Gasteiger partial charge in [0.1, 0.15) is 16.1 Å². The molecule has 1 N–H and O–H groups in total. The fourth-order valence-corrected chi connectivity index (χ4v) is 2.09. The molecule has 0 saturated heterocycles. The summed E-state index contributed by atoms with van der Waals surface area (Å²) < 4.78 is 11.5. The highest BCUT2D eigenvalue weighted by atomic mass is 79.9. The van der Waals surface area contributed by atoms with Crippen LogP contribution in [0.2, 0.25) is 0 Å². The molecule has 106 valence electrons. The fraction of sp³-hybridized carbons (Fsp3) is 0.267. The van der Waals surface area contributed by atoms with Crippen molar-refractivity contribution in [1.29, 1.82) is 0 Å². The van der Waals surface area contributed by atoms with Crippen LogP contribution in [0.3, 0.4) is 0 Å². The summed E-state index contributed by atoms with van der Waals surface area (Å²) in [6, 6.07) is 7.79. The number of halogens is 1. The van der Waals surface area contributed by atoms with Crippen molar-refractivity contribution in [2.24, 2.45) is 0 Å². The lowest BCUT2D eigenvalue weighted by atomic mass is 10.2. The number of benzene rings is 1. The number of nitrogens with zero attached hydrogens (tertiary/aromatic N) is 1. The van der Waals surface area contributed by atoms with Crippen molar-refractivity contribution in [3.05, 3.63) is 46.2 Å². The molecular weight excluding hydrogens is 320 g/mol. The number of rotatable bonds is 5. The highest BCUT2D eigenvalue weighted by molar-refractivity contribution is 9.10. The Labute approximate surface area is 127 Å². The largest absolute Gasteiger partial charge is 0.497 e. The van der Waals surface area contributed by atoms with Crippen LogP contribution in [-0.4, -0.2) is 19.2 Å². The zero-order chi connectivity index (χ0) is 14.5. The Morgan fingerprint density at radius 2 is 2.00 bits per heavy atom. The molecule has 0 bridgehead atoms. The number of hydrogen-bond donors (Lipinski definition) is 1. The second-order valence-electron chi connectivity index (χ2n) is 4.36. The van der Waals surface area contributed by atoms with Crippen molar-refractivity contribution in [2.45, 2.75) is 13.5 Å². The summed E-state index contributed by atoms with van der Waals surface area (Å²) in [6.07, 6.45) is 1.80. The zero-order valence-corrected chi connectivity index (χ0v) is 13.3. The minimum atomic E-state index is 0.642.